The summed E-state index contributed by atoms with van der Waals surface area (Å²) in [5, 5.41) is 3.71. The first-order valence-corrected chi connectivity index (χ1v) is 9.03. The lowest BCUT2D eigenvalue weighted by Gasteiger charge is -2.39. The van der Waals surface area contributed by atoms with Crippen LogP contribution >= 0.6 is 0 Å². The molecule has 4 nitrogen and oxygen atoms in total. The van der Waals surface area contributed by atoms with Crippen LogP contribution in [0.15, 0.2) is 0 Å². The molecular formula is C17H31N3O. The molecule has 4 heteroatoms. The van der Waals surface area contributed by atoms with Crippen molar-refractivity contribution in [3.63, 3.8) is 0 Å². The molecule has 2 heterocycles. The van der Waals surface area contributed by atoms with Crippen molar-refractivity contribution in [3.8, 4) is 0 Å². The molecule has 3 aliphatic rings. The summed E-state index contributed by atoms with van der Waals surface area (Å²) in [5.74, 6) is 0.417. The van der Waals surface area contributed by atoms with Crippen molar-refractivity contribution in [2.24, 2.45) is 0 Å². The van der Waals surface area contributed by atoms with Crippen molar-refractivity contribution in [1.82, 2.24) is 15.1 Å². The lowest BCUT2D eigenvalue weighted by molar-refractivity contribution is -0.136. The van der Waals surface area contributed by atoms with Crippen molar-refractivity contribution >= 4 is 5.91 Å². The Morgan fingerprint density at radius 3 is 2.43 bits per heavy atom. The van der Waals surface area contributed by atoms with Crippen molar-refractivity contribution in [1.29, 1.82) is 0 Å². The molecule has 0 bridgehead atoms. The molecule has 3 fully saturated rings. The fourth-order valence-electron chi connectivity index (χ4n) is 4.63. The highest BCUT2D eigenvalue weighted by atomic mass is 16.2. The van der Waals surface area contributed by atoms with Crippen LogP contribution in [-0.2, 0) is 4.79 Å². The second kappa shape index (κ2) is 6.25. The van der Waals surface area contributed by atoms with Gasteiger partial charge in [0.25, 0.3) is 0 Å². The van der Waals surface area contributed by atoms with E-state index in [1.165, 1.54) is 25.8 Å². The molecule has 120 valence electrons. The summed E-state index contributed by atoms with van der Waals surface area (Å²) in [4.78, 5) is 17.9. The van der Waals surface area contributed by atoms with Gasteiger partial charge >= 0.3 is 0 Å². The van der Waals surface area contributed by atoms with Crippen LogP contribution in [0.4, 0.5) is 0 Å². The molecule has 2 saturated heterocycles. The lowest BCUT2D eigenvalue weighted by Crippen LogP contribution is -2.50. The van der Waals surface area contributed by atoms with Gasteiger partial charge in [0.1, 0.15) is 0 Å². The molecule has 2 aliphatic heterocycles. The second-order valence-corrected chi connectivity index (χ2v) is 7.14. The van der Waals surface area contributed by atoms with Gasteiger partial charge in [0.05, 0.1) is 11.7 Å². The first-order chi connectivity index (χ1) is 10.2. The van der Waals surface area contributed by atoms with Gasteiger partial charge in [0.15, 0.2) is 0 Å². The average molecular weight is 293 g/mol. The maximum Gasteiger partial charge on any atom is 0.244 e. The van der Waals surface area contributed by atoms with E-state index in [2.05, 4.69) is 29.0 Å². The Hall–Kier alpha value is -0.610. The predicted octanol–water partition coefficient (Wildman–Crippen LogP) is 2.34. The van der Waals surface area contributed by atoms with Crippen LogP contribution in [0, 0.1) is 0 Å². The van der Waals surface area contributed by atoms with Crippen LogP contribution < -0.4 is 5.32 Å². The normalized spacial score (nSPS) is 30.7. The van der Waals surface area contributed by atoms with E-state index in [4.69, 9.17) is 0 Å². The third-order valence-corrected chi connectivity index (χ3v) is 5.76. The van der Waals surface area contributed by atoms with Gasteiger partial charge in [-0.25, -0.2) is 0 Å². The van der Waals surface area contributed by atoms with E-state index in [1.54, 1.807) is 0 Å². The molecule has 1 aliphatic carbocycles. The minimum absolute atomic E-state index is 0.193. The third-order valence-electron chi connectivity index (χ3n) is 5.76. The smallest absolute Gasteiger partial charge is 0.244 e. The van der Waals surface area contributed by atoms with Crippen LogP contribution in [0.1, 0.15) is 65.2 Å². The number of nitrogens with one attached hydrogen (secondary N) is 1. The summed E-state index contributed by atoms with van der Waals surface area (Å²) in [6.45, 7) is 7.98. The third kappa shape index (κ3) is 2.72. The molecule has 0 radical (unpaired) electrons. The zero-order valence-corrected chi connectivity index (χ0v) is 13.7. The Morgan fingerprint density at radius 2 is 1.86 bits per heavy atom. The van der Waals surface area contributed by atoms with E-state index in [0.29, 0.717) is 11.9 Å². The molecule has 1 N–H and O–H groups in total. The number of carbonyl (C=O) groups is 1. The average Bonchev–Trinajstić information content (AvgIpc) is 3.08. The number of amides is 1. The SMILES string of the molecule is CCCN1CCC(N2C(=O)C3(CCCC3)NC2CC)CC1. The molecule has 0 aromatic rings. The number of hydrogen-bond acceptors (Lipinski definition) is 3. The van der Waals surface area contributed by atoms with Crippen LogP contribution in [0.25, 0.3) is 0 Å². The summed E-state index contributed by atoms with van der Waals surface area (Å²) >= 11 is 0. The Kier molecular flexibility index (Phi) is 4.55. The van der Waals surface area contributed by atoms with Crippen LogP contribution in [-0.4, -0.2) is 53.1 Å². The maximum atomic E-state index is 13.1. The first kappa shape index (κ1) is 15.3. The molecule has 1 spiro atoms. The van der Waals surface area contributed by atoms with Gasteiger partial charge in [-0.2, -0.15) is 0 Å². The molecule has 3 rings (SSSR count). The molecule has 1 atom stereocenters. The van der Waals surface area contributed by atoms with E-state index in [1.807, 2.05) is 0 Å². The van der Waals surface area contributed by atoms with Gasteiger partial charge in [0, 0.05) is 19.1 Å². The van der Waals surface area contributed by atoms with Gasteiger partial charge in [0.2, 0.25) is 5.91 Å². The number of piperidine rings is 1. The Bertz CT molecular complexity index is 370. The van der Waals surface area contributed by atoms with Crippen molar-refractivity contribution in [2.75, 3.05) is 19.6 Å². The zero-order chi connectivity index (χ0) is 14.9. The highest BCUT2D eigenvalue weighted by Crippen LogP contribution is 2.39. The minimum atomic E-state index is -0.193. The Balaban J connectivity index is 1.68. The summed E-state index contributed by atoms with van der Waals surface area (Å²) < 4.78 is 0. The number of hydrogen-bond donors (Lipinski definition) is 1. The largest absolute Gasteiger partial charge is 0.322 e. The fourth-order valence-corrected chi connectivity index (χ4v) is 4.63. The van der Waals surface area contributed by atoms with E-state index < -0.39 is 0 Å². The van der Waals surface area contributed by atoms with E-state index in [9.17, 15) is 4.79 Å². The van der Waals surface area contributed by atoms with Crippen LogP contribution in [0.5, 0.6) is 0 Å². The number of likely N-dealkylation sites (tertiary alicyclic amines) is 1. The quantitative estimate of drug-likeness (QED) is 0.864. The molecule has 0 aromatic heterocycles. The van der Waals surface area contributed by atoms with Gasteiger partial charge < -0.3 is 9.80 Å². The van der Waals surface area contributed by atoms with E-state index >= 15 is 0 Å². The van der Waals surface area contributed by atoms with Gasteiger partial charge in [-0.15, -0.1) is 0 Å². The van der Waals surface area contributed by atoms with Gasteiger partial charge in [-0.05, 0) is 45.1 Å². The van der Waals surface area contributed by atoms with Crippen LogP contribution in [0.2, 0.25) is 0 Å². The van der Waals surface area contributed by atoms with Gasteiger partial charge in [-0.1, -0.05) is 26.7 Å². The molecule has 1 unspecified atom stereocenters. The molecular weight excluding hydrogens is 262 g/mol. The van der Waals surface area contributed by atoms with E-state index in [-0.39, 0.29) is 11.7 Å². The van der Waals surface area contributed by atoms with Gasteiger partial charge in [-0.3, -0.25) is 10.1 Å². The second-order valence-electron chi connectivity index (χ2n) is 7.14. The molecule has 0 aromatic carbocycles. The highest BCUT2D eigenvalue weighted by Gasteiger charge is 2.53. The highest BCUT2D eigenvalue weighted by molar-refractivity contribution is 5.89. The number of rotatable bonds is 4. The fraction of sp³-hybridized carbons (Fsp3) is 0.941. The summed E-state index contributed by atoms with van der Waals surface area (Å²) in [6, 6.07) is 0.461. The predicted molar refractivity (Wildman–Crippen MR) is 85.0 cm³/mol. The summed E-state index contributed by atoms with van der Waals surface area (Å²) in [7, 11) is 0. The van der Waals surface area contributed by atoms with E-state index in [0.717, 1.165) is 45.2 Å². The summed E-state index contributed by atoms with van der Waals surface area (Å²) in [6.07, 6.45) is 9.35. The molecule has 1 amide bonds. The van der Waals surface area contributed by atoms with Crippen molar-refractivity contribution in [2.45, 2.75) is 83.0 Å². The topological polar surface area (TPSA) is 35.6 Å². The molecule has 21 heavy (non-hydrogen) atoms. The first-order valence-electron chi connectivity index (χ1n) is 9.03. The summed E-state index contributed by atoms with van der Waals surface area (Å²) in [5.41, 5.74) is -0.193. The minimum Gasteiger partial charge on any atom is -0.322 e. The van der Waals surface area contributed by atoms with Crippen LogP contribution in [0.3, 0.4) is 0 Å². The maximum absolute atomic E-state index is 13.1. The monoisotopic (exact) mass is 293 g/mol. The standard InChI is InChI=1S/C17H31N3O/c1-3-11-19-12-7-14(8-13-19)20-15(4-2)18-17(16(20)21)9-5-6-10-17/h14-15,18H,3-13H2,1-2H3. The zero-order valence-electron chi connectivity index (χ0n) is 13.7. The number of nitrogens with zero attached hydrogens (tertiary/aromatic N) is 2. The Labute approximate surface area is 129 Å². The number of carbonyl (C=O) groups excluding carboxylic acids is 1. The van der Waals surface area contributed by atoms with Crippen molar-refractivity contribution < 1.29 is 4.79 Å². The van der Waals surface area contributed by atoms with Crippen molar-refractivity contribution in [3.05, 3.63) is 0 Å². The molecule has 1 saturated carbocycles. The Morgan fingerprint density at radius 1 is 1.19 bits per heavy atom. The lowest BCUT2D eigenvalue weighted by atomic mass is 9.96.